The van der Waals surface area contributed by atoms with Crippen molar-refractivity contribution in [2.24, 2.45) is 4.99 Å². The highest BCUT2D eigenvalue weighted by Gasteiger charge is 2.18. The van der Waals surface area contributed by atoms with Crippen molar-refractivity contribution in [2.45, 2.75) is 46.6 Å². The van der Waals surface area contributed by atoms with Gasteiger partial charge in [-0.05, 0) is 51.3 Å². The van der Waals surface area contributed by atoms with E-state index in [1.165, 1.54) is 0 Å². The van der Waals surface area contributed by atoms with Crippen molar-refractivity contribution in [1.29, 1.82) is 0 Å². The third kappa shape index (κ3) is 5.59. The van der Waals surface area contributed by atoms with Gasteiger partial charge in [0.2, 0.25) is 5.91 Å². The largest absolute Gasteiger partial charge is 0.357 e. The van der Waals surface area contributed by atoms with Crippen LogP contribution in [0, 0.1) is 13.8 Å². The first-order valence-electron chi connectivity index (χ1n) is 10.5. The maximum Gasteiger partial charge on any atom is 0.222 e. The normalized spacial score (nSPS) is 14.5. The predicted octanol–water partition coefficient (Wildman–Crippen LogP) is 2.56. The van der Waals surface area contributed by atoms with Crippen LogP contribution >= 0.6 is 0 Å². The molecule has 3 rings (SSSR count). The molecule has 2 heterocycles. The van der Waals surface area contributed by atoms with Crippen LogP contribution in [0.15, 0.2) is 35.3 Å². The molecule has 1 saturated heterocycles. The molecule has 7 nitrogen and oxygen atoms in total. The van der Waals surface area contributed by atoms with E-state index >= 15 is 0 Å². The number of carbonyl (C=O) groups excluding carboxylic acids is 1. The minimum absolute atomic E-state index is 0.284. The van der Waals surface area contributed by atoms with Gasteiger partial charge in [-0.3, -0.25) is 4.79 Å². The van der Waals surface area contributed by atoms with Gasteiger partial charge in [-0.15, -0.1) is 0 Å². The Morgan fingerprint density at radius 3 is 2.76 bits per heavy atom. The summed E-state index contributed by atoms with van der Waals surface area (Å²) < 4.78 is 1.98. The summed E-state index contributed by atoms with van der Waals surface area (Å²) in [5.41, 5.74) is 4.30. The van der Waals surface area contributed by atoms with Crippen molar-refractivity contribution >= 4 is 11.9 Å². The smallest absolute Gasteiger partial charge is 0.222 e. The highest BCUT2D eigenvalue weighted by Crippen LogP contribution is 2.17. The average molecular weight is 397 g/mol. The SMILES string of the molecule is CCNC(=NCc1ccccc1-n1nc(C)cc1C)NCCCN1CCCC1=O. The predicted molar refractivity (Wildman–Crippen MR) is 116 cm³/mol. The van der Waals surface area contributed by atoms with Crippen LogP contribution in [0.2, 0.25) is 0 Å². The Labute approximate surface area is 173 Å². The molecule has 2 N–H and O–H groups in total. The summed E-state index contributed by atoms with van der Waals surface area (Å²) in [5.74, 6) is 1.08. The molecule has 0 saturated carbocycles. The molecule has 0 radical (unpaired) electrons. The summed E-state index contributed by atoms with van der Waals surface area (Å²) in [6.45, 7) is 9.99. The summed E-state index contributed by atoms with van der Waals surface area (Å²) in [6, 6.07) is 10.3. The van der Waals surface area contributed by atoms with Crippen molar-refractivity contribution in [3.05, 3.63) is 47.3 Å². The van der Waals surface area contributed by atoms with E-state index in [0.717, 1.165) is 67.6 Å². The third-order valence-corrected chi connectivity index (χ3v) is 5.05. The number of carbonyl (C=O) groups is 1. The molecule has 0 unspecified atom stereocenters. The second-order valence-corrected chi connectivity index (χ2v) is 7.43. The minimum atomic E-state index is 0.284. The van der Waals surface area contributed by atoms with E-state index < -0.39 is 0 Å². The Kier molecular flexibility index (Phi) is 7.27. The first-order valence-corrected chi connectivity index (χ1v) is 10.5. The first kappa shape index (κ1) is 20.9. The van der Waals surface area contributed by atoms with Crippen LogP contribution in [0.25, 0.3) is 5.69 Å². The highest BCUT2D eigenvalue weighted by atomic mass is 16.2. The fourth-order valence-corrected chi connectivity index (χ4v) is 3.65. The number of nitrogens with one attached hydrogen (secondary N) is 2. The topological polar surface area (TPSA) is 74.6 Å². The number of para-hydroxylation sites is 1. The maximum absolute atomic E-state index is 11.7. The van der Waals surface area contributed by atoms with Crippen LogP contribution in [0.5, 0.6) is 0 Å². The highest BCUT2D eigenvalue weighted by molar-refractivity contribution is 5.80. The van der Waals surface area contributed by atoms with Gasteiger partial charge in [0.15, 0.2) is 5.96 Å². The van der Waals surface area contributed by atoms with Crippen LogP contribution in [-0.4, -0.2) is 52.7 Å². The lowest BCUT2D eigenvalue weighted by atomic mass is 10.2. The van der Waals surface area contributed by atoms with Crippen molar-refractivity contribution < 1.29 is 4.79 Å². The van der Waals surface area contributed by atoms with Gasteiger partial charge in [0.1, 0.15) is 0 Å². The van der Waals surface area contributed by atoms with Gasteiger partial charge in [-0.25, -0.2) is 9.67 Å². The maximum atomic E-state index is 11.7. The van der Waals surface area contributed by atoms with Gasteiger partial charge >= 0.3 is 0 Å². The molecular weight excluding hydrogens is 364 g/mol. The molecule has 1 aliphatic rings. The summed E-state index contributed by atoms with van der Waals surface area (Å²) in [5, 5.41) is 11.3. The number of rotatable bonds is 8. The zero-order valence-corrected chi connectivity index (χ0v) is 17.7. The van der Waals surface area contributed by atoms with Gasteiger partial charge in [0.25, 0.3) is 0 Å². The molecule has 1 fully saturated rings. The molecule has 0 bridgehead atoms. The number of aryl methyl sites for hydroxylation is 2. The van der Waals surface area contributed by atoms with E-state index in [0.29, 0.717) is 13.0 Å². The van der Waals surface area contributed by atoms with Gasteiger partial charge in [-0.2, -0.15) is 5.10 Å². The van der Waals surface area contributed by atoms with E-state index in [2.05, 4.69) is 47.8 Å². The number of hydrogen-bond donors (Lipinski definition) is 2. The fourth-order valence-electron chi connectivity index (χ4n) is 3.65. The lowest BCUT2D eigenvalue weighted by molar-refractivity contribution is -0.127. The molecule has 156 valence electrons. The number of guanidine groups is 1. The minimum Gasteiger partial charge on any atom is -0.357 e. The molecule has 1 aromatic carbocycles. The molecule has 0 spiro atoms. The van der Waals surface area contributed by atoms with Crippen LogP contribution in [0.4, 0.5) is 0 Å². The quantitative estimate of drug-likeness (QED) is 0.409. The van der Waals surface area contributed by atoms with Crippen molar-refractivity contribution in [3.63, 3.8) is 0 Å². The molecule has 1 aliphatic heterocycles. The monoisotopic (exact) mass is 396 g/mol. The van der Waals surface area contributed by atoms with Crippen molar-refractivity contribution in [2.75, 3.05) is 26.2 Å². The Morgan fingerprint density at radius 2 is 2.07 bits per heavy atom. The second-order valence-electron chi connectivity index (χ2n) is 7.43. The summed E-state index contributed by atoms with van der Waals surface area (Å²) >= 11 is 0. The molecule has 29 heavy (non-hydrogen) atoms. The standard InChI is InChI=1S/C22H32N6O/c1-4-23-22(24-12-8-14-27-13-7-11-21(27)29)25-16-19-9-5-6-10-20(19)28-18(3)15-17(2)26-28/h5-6,9-10,15H,4,7-8,11-14,16H2,1-3H3,(H2,23,24,25). The fraction of sp³-hybridized carbons (Fsp3) is 0.500. The number of amides is 1. The van der Waals surface area contributed by atoms with Crippen LogP contribution in [-0.2, 0) is 11.3 Å². The Balaban J connectivity index is 1.61. The van der Waals surface area contributed by atoms with Crippen molar-refractivity contribution in [1.82, 2.24) is 25.3 Å². The molecule has 1 aromatic heterocycles. The van der Waals surface area contributed by atoms with E-state index in [1.807, 2.05) is 28.6 Å². The summed E-state index contributed by atoms with van der Waals surface area (Å²) in [6.07, 6.45) is 2.61. The molecule has 0 aliphatic carbocycles. The first-order chi connectivity index (χ1) is 14.1. The molecule has 2 aromatic rings. The Bertz CT molecular complexity index is 857. The Morgan fingerprint density at radius 1 is 1.24 bits per heavy atom. The van der Waals surface area contributed by atoms with Gasteiger partial charge in [-0.1, -0.05) is 18.2 Å². The summed E-state index contributed by atoms with van der Waals surface area (Å²) in [4.78, 5) is 18.4. The number of aromatic nitrogens is 2. The lowest BCUT2D eigenvalue weighted by Gasteiger charge is -2.16. The van der Waals surface area contributed by atoms with Gasteiger partial charge in [0.05, 0.1) is 17.9 Å². The van der Waals surface area contributed by atoms with Crippen LogP contribution in [0.3, 0.4) is 0 Å². The number of nitrogens with zero attached hydrogens (tertiary/aromatic N) is 4. The number of likely N-dealkylation sites (tertiary alicyclic amines) is 1. The summed E-state index contributed by atoms with van der Waals surface area (Å²) in [7, 11) is 0. The van der Waals surface area contributed by atoms with E-state index in [1.54, 1.807) is 0 Å². The molecule has 7 heteroatoms. The van der Waals surface area contributed by atoms with E-state index in [9.17, 15) is 4.79 Å². The molecule has 1 amide bonds. The Hall–Kier alpha value is -2.83. The number of hydrogen-bond acceptors (Lipinski definition) is 3. The second kappa shape index (κ2) is 10.1. The van der Waals surface area contributed by atoms with Gasteiger partial charge in [0, 0.05) is 38.3 Å². The van der Waals surface area contributed by atoms with Crippen LogP contribution in [0.1, 0.15) is 43.1 Å². The zero-order valence-electron chi connectivity index (χ0n) is 17.7. The lowest BCUT2D eigenvalue weighted by Crippen LogP contribution is -2.39. The van der Waals surface area contributed by atoms with Crippen molar-refractivity contribution in [3.8, 4) is 5.69 Å². The number of aliphatic imine (C=N–C) groups is 1. The van der Waals surface area contributed by atoms with E-state index in [-0.39, 0.29) is 5.91 Å². The molecular formula is C22H32N6O. The number of benzene rings is 1. The zero-order chi connectivity index (χ0) is 20.6. The van der Waals surface area contributed by atoms with E-state index in [4.69, 9.17) is 4.99 Å². The third-order valence-electron chi connectivity index (χ3n) is 5.05. The van der Waals surface area contributed by atoms with Crippen LogP contribution < -0.4 is 10.6 Å². The van der Waals surface area contributed by atoms with Gasteiger partial charge < -0.3 is 15.5 Å². The molecule has 0 atom stereocenters. The average Bonchev–Trinajstić information content (AvgIpc) is 3.27.